The molecule has 4 rings (SSSR count). The summed E-state index contributed by atoms with van der Waals surface area (Å²) in [4.78, 5) is 8.60. The lowest BCUT2D eigenvalue weighted by atomic mass is 10.2. The smallest absolute Gasteiger partial charge is 0.226 e. The molecule has 0 bridgehead atoms. The Morgan fingerprint density at radius 1 is 1.14 bits per heavy atom. The van der Waals surface area contributed by atoms with Crippen LogP contribution >= 0.6 is 23.4 Å². The van der Waals surface area contributed by atoms with Gasteiger partial charge in [0.05, 0.1) is 5.69 Å². The molecule has 0 amide bonds. The minimum Gasteiger partial charge on any atom is -0.444 e. The van der Waals surface area contributed by atoms with Crippen molar-refractivity contribution in [1.29, 1.82) is 0 Å². The second kappa shape index (κ2) is 8.41. The van der Waals surface area contributed by atoms with E-state index < -0.39 is 0 Å². The summed E-state index contributed by atoms with van der Waals surface area (Å²) in [5, 5.41) is 10.1. The molecule has 28 heavy (non-hydrogen) atoms. The van der Waals surface area contributed by atoms with Crippen molar-refractivity contribution in [3.05, 3.63) is 78.4 Å². The van der Waals surface area contributed by atoms with Crippen LogP contribution in [0.5, 0.6) is 0 Å². The standard InChI is InChI=1S/C20H16ClN5OS/c1-2-10-26-18(14-6-8-22-9-7-14)24-25-20(26)28-13-17-12-27-19(23-17)15-4-3-5-16(21)11-15/h2-9,11-12H,1,10,13H2. The maximum Gasteiger partial charge on any atom is 0.226 e. The highest BCUT2D eigenvalue weighted by atomic mass is 35.5. The maximum absolute atomic E-state index is 6.04. The molecular formula is C20H16ClN5OS. The van der Waals surface area contributed by atoms with Gasteiger partial charge in [-0.05, 0) is 30.3 Å². The fourth-order valence-corrected chi connectivity index (χ4v) is 3.68. The van der Waals surface area contributed by atoms with Gasteiger partial charge in [0.2, 0.25) is 5.89 Å². The second-order valence-electron chi connectivity index (χ2n) is 5.88. The SMILES string of the molecule is C=CCn1c(SCc2coc(-c3cccc(Cl)c3)n2)nnc1-c1ccncc1. The molecule has 8 heteroatoms. The zero-order valence-electron chi connectivity index (χ0n) is 14.8. The van der Waals surface area contributed by atoms with Crippen molar-refractivity contribution < 1.29 is 4.42 Å². The first-order valence-corrected chi connectivity index (χ1v) is 9.88. The summed E-state index contributed by atoms with van der Waals surface area (Å²) < 4.78 is 7.62. The van der Waals surface area contributed by atoms with Crippen molar-refractivity contribution >= 4 is 23.4 Å². The lowest BCUT2D eigenvalue weighted by Crippen LogP contribution is -2.00. The number of hydrogen-bond donors (Lipinski definition) is 0. The zero-order chi connectivity index (χ0) is 19.3. The lowest BCUT2D eigenvalue weighted by molar-refractivity contribution is 0.573. The largest absolute Gasteiger partial charge is 0.444 e. The monoisotopic (exact) mass is 409 g/mol. The van der Waals surface area contributed by atoms with Crippen LogP contribution in [0.2, 0.25) is 5.02 Å². The molecule has 0 unspecified atom stereocenters. The van der Waals surface area contributed by atoms with Crippen molar-refractivity contribution in [3.8, 4) is 22.8 Å². The van der Waals surface area contributed by atoms with Gasteiger partial charge < -0.3 is 4.42 Å². The summed E-state index contributed by atoms with van der Waals surface area (Å²) >= 11 is 7.58. The van der Waals surface area contributed by atoms with E-state index in [2.05, 4.69) is 26.7 Å². The van der Waals surface area contributed by atoms with Crippen molar-refractivity contribution in [1.82, 2.24) is 24.7 Å². The third-order valence-corrected chi connectivity index (χ3v) is 5.17. The van der Waals surface area contributed by atoms with Crippen LogP contribution in [0.15, 0.2) is 77.3 Å². The van der Waals surface area contributed by atoms with Crippen LogP contribution in [0.1, 0.15) is 5.69 Å². The zero-order valence-corrected chi connectivity index (χ0v) is 16.4. The first-order chi connectivity index (χ1) is 13.7. The second-order valence-corrected chi connectivity index (χ2v) is 7.26. The Hall–Kier alpha value is -2.90. The summed E-state index contributed by atoms with van der Waals surface area (Å²) in [5.74, 6) is 1.93. The molecule has 0 aliphatic heterocycles. The number of oxazole rings is 1. The number of allylic oxidation sites excluding steroid dienone is 1. The lowest BCUT2D eigenvalue weighted by Gasteiger charge is -2.06. The van der Waals surface area contributed by atoms with Gasteiger partial charge in [-0.1, -0.05) is 35.5 Å². The van der Waals surface area contributed by atoms with Crippen LogP contribution in [0.4, 0.5) is 0 Å². The summed E-state index contributed by atoms with van der Waals surface area (Å²) in [6.07, 6.45) is 6.95. The predicted octanol–water partition coefficient (Wildman–Crippen LogP) is 5.13. The van der Waals surface area contributed by atoms with Crippen molar-refractivity contribution in [2.24, 2.45) is 0 Å². The van der Waals surface area contributed by atoms with Crippen molar-refractivity contribution in [2.45, 2.75) is 17.5 Å². The molecule has 0 saturated heterocycles. The van der Waals surface area contributed by atoms with Crippen LogP contribution in [0, 0.1) is 0 Å². The van der Waals surface area contributed by atoms with Gasteiger partial charge in [0, 0.05) is 40.8 Å². The highest BCUT2D eigenvalue weighted by Gasteiger charge is 2.15. The minimum absolute atomic E-state index is 0.545. The molecule has 0 saturated carbocycles. The Balaban J connectivity index is 1.53. The Bertz CT molecular complexity index is 1090. The number of rotatable bonds is 7. The van der Waals surface area contributed by atoms with Crippen LogP contribution in [-0.4, -0.2) is 24.7 Å². The van der Waals surface area contributed by atoms with E-state index in [1.807, 2.05) is 47.0 Å². The summed E-state index contributed by atoms with van der Waals surface area (Å²) in [6, 6.07) is 11.2. The number of aromatic nitrogens is 5. The van der Waals surface area contributed by atoms with Crippen LogP contribution in [0.3, 0.4) is 0 Å². The number of pyridine rings is 1. The van der Waals surface area contributed by atoms with Crippen molar-refractivity contribution in [3.63, 3.8) is 0 Å². The highest BCUT2D eigenvalue weighted by molar-refractivity contribution is 7.98. The average molecular weight is 410 g/mol. The van der Waals surface area contributed by atoms with Crippen LogP contribution in [-0.2, 0) is 12.3 Å². The topological polar surface area (TPSA) is 69.6 Å². The quantitative estimate of drug-likeness (QED) is 0.311. The van der Waals surface area contributed by atoms with Crippen molar-refractivity contribution in [2.75, 3.05) is 0 Å². The molecule has 0 spiro atoms. The van der Waals surface area contributed by atoms with Gasteiger partial charge >= 0.3 is 0 Å². The molecule has 4 aromatic rings. The van der Waals surface area contributed by atoms with Crippen LogP contribution in [0.25, 0.3) is 22.8 Å². The molecule has 0 aliphatic rings. The first-order valence-electron chi connectivity index (χ1n) is 8.52. The summed E-state index contributed by atoms with van der Waals surface area (Å²) in [6.45, 7) is 4.45. The number of nitrogens with zero attached hydrogens (tertiary/aromatic N) is 5. The Kier molecular flexibility index (Phi) is 5.55. The number of hydrogen-bond acceptors (Lipinski definition) is 6. The Labute approximate surface area is 171 Å². The van der Waals surface area contributed by atoms with E-state index in [-0.39, 0.29) is 0 Å². The van der Waals surface area contributed by atoms with E-state index in [0.717, 1.165) is 27.8 Å². The molecule has 3 heterocycles. The van der Waals surface area contributed by atoms with Gasteiger partial charge in [-0.25, -0.2) is 4.98 Å². The van der Waals surface area contributed by atoms with E-state index in [1.54, 1.807) is 30.4 Å². The molecule has 3 aromatic heterocycles. The van der Waals surface area contributed by atoms with Gasteiger partial charge in [-0.3, -0.25) is 9.55 Å². The van der Waals surface area contributed by atoms with E-state index in [0.29, 0.717) is 23.2 Å². The Morgan fingerprint density at radius 3 is 2.79 bits per heavy atom. The maximum atomic E-state index is 6.04. The molecule has 0 aliphatic carbocycles. The average Bonchev–Trinajstić information content (AvgIpc) is 3.35. The number of halogens is 1. The molecule has 140 valence electrons. The molecule has 0 radical (unpaired) electrons. The van der Waals surface area contributed by atoms with E-state index >= 15 is 0 Å². The number of thioether (sulfide) groups is 1. The fourth-order valence-electron chi connectivity index (χ4n) is 2.67. The van der Waals surface area contributed by atoms with Gasteiger partial charge in [0.1, 0.15) is 6.26 Å². The minimum atomic E-state index is 0.545. The molecule has 0 fully saturated rings. The molecule has 6 nitrogen and oxygen atoms in total. The van der Waals surface area contributed by atoms with E-state index in [1.165, 1.54) is 0 Å². The van der Waals surface area contributed by atoms with E-state index in [9.17, 15) is 0 Å². The van der Waals surface area contributed by atoms with Gasteiger partial charge in [-0.2, -0.15) is 0 Å². The highest BCUT2D eigenvalue weighted by Crippen LogP contribution is 2.28. The first kappa shape index (κ1) is 18.5. The summed E-state index contributed by atoms with van der Waals surface area (Å²) in [5.41, 5.74) is 2.62. The third kappa shape index (κ3) is 4.00. The summed E-state index contributed by atoms with van der Waals surface area (Å²) in [7, 11) is 0. The third-order valence-electron chi connectivity index (χ3n) is 3.94. The van der Waals surface area contributed by atoms with Crippen LogP contribution < -0.4 is 0 Å². The van der Waals surface area contributed by atoms with E-state index in [4.69, 9.17) is 16.0 Å². The fraction of sp³-hybridized carbons (Fsp3) is 0.100. The normalized spacial score (nSPS) is 10.9. The molecular weight excluding hydrogens is 394 g/mol. The van der Waals surface area contributed by atoms with Gasteiger partial charge in [0.25, 0.3) is 0 Å². The molecule has 1 aromatic carbocycles. The predicted molar refractivity (Wildman–Crippen MR) is 110 cm³/mol. The molecule has 0 N–H and O–H groups in total. The van der Waals surface area contributed by atoms with Gasteiger partial charge in [0.15, 0.2) is 11.0 Å². The molecule has 0 atom stereocenters. The Morgan fingerprint density at radius 2 is 2.00 bits per heavy atom. The number of benzene rings is 1. The van der Waals surface area contributed by atoms with Gasteiger partial charge in [-0.15, -0.1) is 16.8 Å².